The molecule has 19 heavy (non-hydrogen) atoms. The molecule has 2 N–H and O–H groups in total. The highest BCUT2D eigenvalue weighted by atomic mass is 127. The van der Waals surface area contributed by atoms with Crippen molar-refractivity contribution in [2.24, 2.45) is 5.41 Å². The summed E-state index contributed by atoms with van der Waals surface area (Å²) in [6.45, 7) is 5.17. The number of aliphatic carboxylic acids is 1. The fraction of sp³-hybridized carbons (Fsp3) is 0.385. The average molecular weight is 379 g/mol. The van der Waals surface area contributed by atoms with Crippen LogP contribution in [0.1, 0.15) is 31.1 Å². The van der Waals surface area contributed by atoms with Crippen LogP contribution in [0.3, 0.4) is 0 Å². The van der Waals surface area contributed by atoms with Gasteiger partial charge in [0, 0.05) is 3.57 Å². The molecule has 0 unspecified atom stereocenters. The van der Waals surface area contributed by atoms with Gasteiger partial charge >= 0.3 is 5.97 Å². The summed E-state index contributed by atoms with van der Waals surface area (Å²) in [4.78, 5) is 23.2. The van der Waals surface area contributed by atoms with E-state index in [9.17, 15) is 14.0 Å². The Hall–Kier alpha value is -1.18. The van der Waals surface area contributed by atoms with E-state index in [2.05, 4.69) is 5.32 Å². The molecule has 0 spiro atoms. The van der Waals surface area contributed by atoms with Crippen molar-refractivity contribution in [3.05, 3.63) is 33.1 Å². The van der Waals surface area contributed by atoms with Gasteiger partial charge in [-0.1, -0.05) is 20.8 Å². The molecule has 0 heterocycles. The lowest BCUT2D eigenvalue weighted by Crippen LogP contribution is -2.49. The summed E-state index contributed by atoms with van der Waals surface area (Å²) in [5.74, 6) is -2.06. The van der Waals surface area contributed by atoms with E-state index in [1.807, 2.05) is 22.6 Å². The molecule has 104 valence electrons. The van der Waals surface area contributed by atoms with Crippen LogP contribution in [0.2, 0.25) is 0 Å². The Bertz CT molecular complexity index is 511. The molecule has 4 nitrogen and oxygen atoms in total. The van der Waals surface area contributed by atoms with Gasteiger partial charge in [0.1, 0.15) is 11.9 Å². The van der Waals surface area contributed by atoms with E-state index in [4.69, 9.17) is 5.11 Å². The van der Waals surface area contributed by atoms with Crippen LogP contribution in [0.4, 0.5) is 4.39 Å². The molecule has 0 aromatic heterocycles. The second kappa shape index (κ2) is 5.85. The number of rotatable bonds is 3. The van der Waals surface area contributed by atoms with Gasteiger partial charge in [-0.25, -0.2) is 9.18 Å². The predicted octanol–water partition coefficient (Wildman–Crippen LogP) is 2.66. The van der Waals surface area contributed by atoms with Crippen molar-refractivity contribution in [3.8, 4) is 0 Å². The van der Waals surface area contributed by atoms with Gasteiger partial charge in [0.15, 0.2) is 0 Å². The Kier molecular flexibility index (Phi) is 4.89. The van der Waals surface area contributed by atoms with Crippen molar-refractivity contribution in [2.75, 3.05) is 0 Å². The average Bonchev–Trinajstić information content (AvgIpc) is 2.23. The van der Waals surface area contributed by atoms with Crippen molar-refractivity contribution in [1.29, 1.82) is 0 Å². The first-order valence-corrected chi connectivity index (χ1v) is 6.69. The molecule has 0 saturated carbocycles. The monoisotopic (exact) mass is 379 g/mol. The number of hydrogen-bond acceptors (Lipinski definition) is 2. The standard InChI is InChI=1S/C13H15FINO3/c1-13(2,3)10(12(18)19)16-11(17)8-5-4-7(14)6-9(8)15/h4-6,10H,1-3H3,(H,16,17)(H,18,19)/t10-/m1/s1. The molecule has 0 saturated heterocycles. The minimum absolute atomic E-state index is 0.262. The van der Waals surface area contributed by atoms with E-state index in [1.54, 1.807) is 20.8 Å². The lowest BCUT2D eigenvalue weighted by Gasteiger charge is -2.27. The lowest BCUT2D eigenvalue weighted by atomic mass is 9.86. The Labute approximate surface area is 124 Å². The molecular weight excluding hydrogens is 364 g/mol. The molecule has 0 radical (unpaired) electrons. The van der Waals surface area contributed by atoms with Crippen LogP contribution in [0.5, 0.6) is 0 Å². The van der Waals surface area contributed by atoms with Crippen molar-refractivity contribution in [3.63, 3.8) is 0 Å². The SMILES string of the molecule is CC(C)(C)[C@H](NC(=O)c1ccc(F)cc1I)C(=O)O. The minimum Gasteiger partial charge on any atom is -0.480 e. The van der Waals surface area contributed by atoms with Gasteiger partial charge in [-0.3, -0.25) is 4.79 Å². The third-order valence-corrected chi connectivity index (χ3v) is 3.46. The molecule has 6 heteroatoms. The van der Waals surface area contributed by atoms with Crippen LogP contribution in [-0.4, -0.2) is 23.0 Å². The molecule has 1 amide bonds. The van der Waals surface area contributed by atoms with Crippen molar-refractivity contribution >= 4 is 34.5 Å². The zero-order chi connectivity index (χ0) is 14.8. The Balaban J connectivity index is 2.98. The largest absolute Gasteiger partial charge is 0.480 e. The van der Waals surface area contributed by atoms with Gasteiger partial charge in [-0.15, -0.1) is 0 Å². The van der Waals surface area contributed by atoms with Gasteiger partial charge < -0.3 is 10.4 Å². The van der Waals surface area contributed by atoms with Crippen LogP contribution in [0.25, 0.3) is 0 Å². The first-order valence-electron chi connectivity index (χ1n) is 5.61. The molecular formula is C13H15FINO3. The number of hydrogen-bond donors (Lipinski definition) is 2. The molecule has 1 atom stereocenters. The van der Waals surface area contributed by atoms with Crippen LogP contribution in [0, 0.1) is 14.8 Å². The number of carbonyl (C=O) groups excluding carboxylic acids is 1. The predicted molar refractivity (Wildman–Crippen MR) is 77.5 cm³/mol. The van der Waals surface area contributed by atoms with Gasteiger partial charge in [0.05, 0.1) is 5.56 Å². The number of carbonyl (C=O) groups is 2. The number of halogens is 2. The summed E-state index contributed by atoms with van der Waals surface area (Å²) < 4.78 is 13.4. The first-order chi connectivity index (χ1) is 8.62. The summed E-state index contributed by atoms with van der Waals surface area (Å²) in [5.41, 5.74) is -0.357. The molecule has 0 aliphatic heterocycles. The minimum atomic E-state index is -1.10. The highest BCUT2D eigenvalue weighted by Gasteiger charge is 2.33. The quantitative estimate of drug-likeness (QED) is 0.794. The molecule has 0 bridgehead atoms. The van der Waals surface area contributed by atoms with E-state index in [0.29, 0.717) is 3.57 Å². The number of nitrogens with one attached hydrogen (secondary N) is 1. The highest BCUT2D eigenvalue weighted by molar-refractivity contribution is 14.1. The maximum Gasteiger partial charge on any atom is 0.326 e. The fourth-order valence-corrected chi connectivity index (χ4v) is 2.25. The Morgan fingerprint density at radius 1 is 1.37 bits per heavy atom. The van der Waals surface area contributed by atoms with Crippen LogP contribution in [0.15, 0.2) is 18.2 Å². The normalized spacial score (nSPS) is 12.9. The molecule has 1 aromatic carbocycles. The van der Waals surface area contributed by atoms with Gasteiger partial charge in [-0.05, 0) is 46.2 Å². The summed E-state index contributed by atoms with van der Waals surface area (Å²) >= 11 is 1.84. The zero-order valence-electron chi connectivity index (χ0n) is 10.8. The molecule has 0 fully saturated rings. The number of carboxylic acids is 1. The molecule has 1 rings (SSSR count). The topological polar surface area (TPSA) is 66.4 Å². The van der Waals surface area contributed by atoms with E-state index >= 15 is 0 Å². The van der Waals surface area contributed by atoms with Gasteiger partial charge in [-0.2, -0.15) is 0 Å². The summed E-state index contributed by atoms with van der Waals surface area (Å²) in [6.07, 6.45) is 0. The summed E-state index contributed by atoms with van der Waals surface area (Å²) in [7, 11) is 0. The number of amides is 1. The lowest BCUT2D eigenvalue weighted by molar-refractivity contribution is -0.142. The van der Waals surface area contributed by atoms with E-state index in [-0.39, 0.29) is 5.56 Å². The van der Waals surface area contributed by atoms with Crippen LogP contribution < -0.4 is 5.32 Å². The van der Waals surface area contributed by atoms with E-state index in [0.717, 1.165) is 0 Å². The molecule has 0 aliphatic carbocycles. The second-order valence-electron chi connectivity index (χ2n) is 5.23. The fourth-order valence-electron chi connectivity index (χ4n) is 1.53. The number of benzene rings is 1. The second-order valence-corrected chi connectivity index (χ2v) is 6.40. The Morgan fingerprint density at radius 3 is 2.37 bits per heavy atom. The third kappa shape index (κ3) is 4.15. The van der Waals surface area contributed by atoms with Crippen molar-refractivity contribution in [1.82, 2.24) is 5.32 Å². The molecule has 1 aromatic rings. The van der Waals surface area contributed by atoms with E-state index < -0.39 is 29.2 Å². The Morgan fingerprint density at radius 2 is 1.95 bits per heavy atom. The third-order valence-electron chi connectivity index (χ3n) is 2.56. The van der Waals surface area contributed by atoms with Crippen molar-refractivity contribution in [2.45, 2.75) is 26.8 Å². The smallest absolute Gasteiger partial charge is 0.326 e. The maximum absolute atomic E-state index is 13.0. The van der Waals surface area contributed by atoms with Crippen LogP contribution in [-0.2, 0) is 4.79 Å². The highest BCUT2D eigenvalue weighted by Crippen LogP contribution is 2.21. The van der Waals surface area contributed by atoms with Gasteiger partial charge in [0.2, 0.25) is 0 Å². The zero-order valence-corrected chi connectivity index (χ0v) is 13.0. The van der Waals surface area contributed by atoms with Crippen molar-refractivity contribution < 1.29 is 19.1 Å². The van der Waals surface area contributed by atoms with E-state index in [1.165, 1.54) is 18.2 Å². The van der Waals surface area contributed by atoms with Crippen LogP contribution >= 0.6 is 22.6 Å². The molecule has 0 aliphatic rings. The van der Waals surface area contributed by atoms with Gasteiger partial charge in [0.25, 0.3) is 5.91 Å². The number of carboxylic acid groups (broad SMARTS) is 1. The maximum atomic E-state index is 13.0. The first kappa shape index (κ1) is 15.9. The summed E-state index contributed by atoms with van der Waals surface area (Å²) in [5, 5.41) is 11.6. The summed E-state index contributed by atoms with van der Waals surface area (Å²) in [6, 6.07) is 2.72.